The predicted molar refractivity (Wildman–Crippen MR) is 86.0 cm³/mol. The minimum absolute atomic E-state index is 0. The maximum Gasteiger partial charge on any atom is 0.207 e. The van der Waals surface area contributed by atoms with Crippen molar-refractivity contribution in [3.63, 3.8) is 0 Å². The molecule has 0 unspecified atom stereocenters. The van der Waals surface area contributed by atoms with Crippen LogP contribution < -0.4 is 10.3 Å². The minimum atomic E-state index is -0.820. The number of halogens is 3. The third-order valence-electron chi connectivity index (χ3n) is 2.99. The first kappa shape index (κ1) is 20.7. The summed E-state index contributed by atoms with van der Waals surface area (Å²) in [5.74, 6) is -1.58. The van der Waals surface area contributed by atoms with E-state index in [2.05, 4.69) is 6.07 Å². The second kappa shape index (κ2) is 9.20. The fourth-order valence-electron chi connectivity index (χ4n) is 1.89. The van der Waals surface area contributed by atoms with E-state index < -0.39 is 11.6 Å². The minimum Gasteiger partial charge on any atom is -0.491 e. The molecule has 2 aromatic rings. The van der Waals surface area contributed by atoms with Gasteiger partial charge in [-0.25, -0.2) is 8.78 Å². The van der Waals surface area contributed by atoms with Crippen molar-refractivity contribution in [2.45, 2.75) is 0 Å². The van der Waals surface area contributed by atoms with Crippen LogP contribution in [0.25, 0.3) is 11.3 Å². The molecule has 0 fully saturated rings. The summed E-state index contributed by atoms with van der Waals surface area (Å²) in [5, 5.41) is 0. The van der Waals surface area contributed by atoms with Crippen LogP contribution in [0.15, 0.2) is 23.0 Å². The number of rotatable bonds is 5. The Morgan fingerprint density at radius 1 is 1.26 bits per heavy atom. The van der Waals surface area contributed by atoms with Gasteiger partial charge in [-0.2, -0.15) is 12.1 Å². The summed E-state index contributed by atoms with van der Waals surface area (Å²) in [6, 6.07) is 6.28. The first-order valence-electron chi connectivity index (χ1n) is 6.34. The first-order chi connectivity index (χ1) is 10.5. The zero-order valence-electron chi connectivity index (χ0n) is 12.5. The van der Waals surface area contributed by atoms with Crippen molar-refractivity contribution in [2.75, 3.05) is 20.3 Å². The molecule has 4 nitrogen and oxygen atoms in total. The summed E-state index contributed by atoms with van der Waals surface area (Å²) in [6.45, 7) is 0.493. The van der Waals surface area contributed by atoms with Crippen LogP contribution in [0.3, 0.4) is 0 Å². The smallest absolute Gasteiger partial charge is 0.207 e. The third kappa shape index (κ3) is 4.81. The van der Waals surface area contributed by atoms with Gasteiger partial charge < -0.3 is 14.0 Å². The Balaban J connectivity index is 0.00000264. The van der Waals surface area contributed by atoms with Gasteiger partial charge in [0.1, 0.15) is 12.4 Å². The van der Waals surface area contributed by atoms with E-state index in [1.54, 1.807) is 0 Å². The quantitative estimate of drug-likeness (QED) is 0.354. The summed E-state index contributed by atoms with van der Waals surface area (Å²) in [4.78, 5) is 11.9. The van der Waals surface area contributed by atoms with E-state index in [0.717, 1.165) is 16.7 Å². The molecule has 1 radical (unpaired) electrons. The molecule has 2 rings (SSSR count). The van der Waals surface area contributed by atoms with Crippen molar-refractivity contribution in [2.24, 2.45) is 7.05 Å². The molecule has 0 atom stereocenters. The largest absolute Gasteiger partial charge is 0.491 e. The van der Waals surface area contributed by atoms with E-state index in [1.165, 1.54) is 20.2 Å². The second-order valence-electron chi connectivity index (χ2n) is 4.45. The number of benzene rings is 1. The molecule has 0 amide bonds. The van der Waals surface area contributed by atoms with Gasteiger partial charge in [-0.1, -0.05) is 5.69 Å². The second-order valence-corrected chi connectivity index (χ2v) is 5.61. The average molecular weight is 509 g/mol. The Morgan fingerprint density at radius 3 is 2.43 bits per heavy atom. The number of pyridine rings is 1. The summed E-state index contributed by atoms with van der Waals surface area (Å²) >= 11 is 1.84. The van der Waals surface area contributed by atoms with Gasteiger partial charge in [0.2, 0.25) is 5.56 Å². The number of ether oxygens (including phenoxy) is 2. The van der Waals surface area contributed by atoms with Crippen molar-refractivity contribution in [3.05, 3.63) is 49.8 Å². The summed E-state index contributed by atoms with van der Waals surface area (Å²) in [6.07, 6.45) is 0. The Labute approximate surface area is 171 Å². The van der Waals surface area contributed by atoms with Crippen molar-refractivity contribution >= 4 is 22.6 Å². The molecular formula is C15H13F2INO3Y-. The predicted octanol–water partition coefficient (Wildman–Crippen LogP) is 2.76. The van der Waals surface area contributed by atoms with Gasteiger partial charge in [0, 0.05) is 59.0 Å². The molecule has 1 heterocycles. The van der Waals surface area contributed by atoms with E-state index in [9.17, 15) is 13.6 Å². The molecule has 0 aliphatic heterocycles. The molecule has 0 aliphatic carbocycles. The molecular weight excluding hydrogens is 496 g/mol. The number of nitrogens with zero attached hydrogens (tertiary/aromatic N) is 1. The molecule has 121 valence electrons. The number of hydrogen-bond donors (Lipinski definition) is 0. The van der Waals surface area contributed by atoms with E-state index >= 15 is 0 Å². The van der Waals surface area contributed by atoms with Crippen LogP contribution >= 0.6 is 22.6 Å². The van der Waals surface area contributed by atoms with Gasteiger partial charge in [0.25, 0.3) is 0 Å². The fourth-order valence-corrected chi connectivity index (χ4v) is 2.41. The molecule has 0 bridgehead atoms. The Kier molecular flexibility index (Phi) is 8.26. The Morgan fingerprint density at radius 2 is 1.87 bits per heavy atom. The molecule has 0 N–H and O–H groups in total. The zero-order chi connectivity index (χ0) is 16.3. The Hall–Kier alpha value is -0.376. The molecule has 0 spiro atoms. The van der Waals surface area contributed by atoms with Crippen LogP contribution in [0.1, 0.15) is 0 Å². The molecule has 23 heavy (non-hydrogen) atoms. The van der Waals surface area contributed by atoms with E-state index in [1.807, 2.05) is 22.6 Å². The average Bonchev–Trinajstić information content (AvgIpc) is 2.47. The summed E-state index contributed by atoms with van der Waals surface area (Å²) in [5.41, 5.74) is -0.604. The topological polar surface area (TPSA) is 40.5 Å². The van der Waals surface area contributed by atoms with Crippen molar-refractivity contribution < 1.29 is 51.0 Å². The van der Waals surface area contributed by atoms with Gasteiger partial charge in [-0.15, -0.1) is 22.6 Å². The normalized spacial score (nSPS) is 10.3. The first-order valence-corrected chi connectivity index (χ1v) is 7.42. The maximum atomic E-state index is 14.2. The monoisotopic (exact) mass is 509 g/mol. The van der Waals surface area contributed by atoms with Crippen LogP contribution in [0.5, 0.6) is 5.75 Å². The maximum absolute atomic E-state index is 14.2. The van der Waals surface area contributed by atoms with Crippen molar-refractivity contribution in [1.82, 2.24) is 4.57 Å². The van der Waals surface area contributed by atoms with Gasteiger partial charge in [-0.3, -0.25) is 4.79 Å². The number of aromatic nitrogens is 1. The van der Waals surface area contributed by atoms with Gasteiger partial charge in [0.05, 0.1) is 18.2 Å². The van der Waals surface area contributed by atoms with E-state index in [-0.39, 0.29) is 61.9 Å². The zero-order valence-corrected chi connectivity index (χ0v) is 17.5. The molecule has 1 aromatic heterocycles. The van der Waals surface area contributed by atoms with Crippen LogP contribution in [0, 0.1) is 21.3 Å². The molecule has 0 saturated heterocycles. The van der Waals surface area contributed by atoms with Gasteiger partial charge in [-0.05, 0) is 9.13 Å². The summed E-state index contributed by atoms with van der Waals surface area (Å²) in [7, 11) is 2.94. The number of methoxy groups -OCH3 is 1. The summed E-state index contributed by atoms with van der Waals surface area (Å²) < 4.78 is 40.0. The molecule has 1 aromatic carbocycles. The van der Waals surface area contributed by atoms with Crippen LogP contribution in [-0.2, 0) is 44.5 Å². The van der Waals surface area contributed by atoms with Crippen LogP contribution in [0.4, 0.5) is 8.78 Å². The molecule has 8 heteroatoms. The van der Waals surface area contributed by atoms with Crippen LogP contribution in [-0.4, -0.2) is 24.9 Å². The van der Waals surface area contributed by atoms with Gasteiger partial charge in [0.15, 0.2) is 0 Å². The fraction of sp³-hybridized carbons (Fsp3) is 0.267. The van der Waals surface area contributed by atoms with Crippen molar-refractivity contribution in [1.29, 1.82) is 0 Å². The van der Waals surface area contributed by atoms with E-state index in [4.69, 9.17) is 9.47 Å². The standard InChI is InChI=1S/C15H13F2INO3.Y/c1-19-13(4-3-12(18)15(19)20)14-10(16)7-9(8-11(14)17)22-6-5-21-2;/h3,7-8H,5-6H2,1-2H3;/q-1;. The van der Waals surface area contributed by atoms with Crippen LogP contribution in [0.2, 0.25) is 0 Å². The number of hydrogen-bond acceptors (Lipinski definition) is 3. The van der Waals surface area contributed by atoms with E-state index in [0.29, 0.717) is 10.2 Å². The van der Waals surface area contributed by atoms with Gasteiger partial charge >= 0.3 is 0 Å². The molecule has 0 aliphatic rings. The molecule has 0 saturated carbocycles. The van der Waals surface area contributed by atoms with Crippen molar-refractivity contribution in [3.8, 4) is 17.0 Å². The Bertz CT molecular complexity index is 729. The third-order valence-corrected chi connectivity index (χ3v) is 3.76. The SMILES string of the molecule is COCCOc1cc(F)c(-c2[c-]cc(I)c(=O)n2C)c(F)c1.[Y].